The van der Waals surface area contributed by atoms with Crippen LogP contribution in [0, 0.1) is 6.92 Å². The molecule has 124 valence electrons. The van der Waals surface area contributed by atoms with Crippen LogP contribution in [0.15, 0.2) is 36.4 Å². The normalized spacial score (nSPS) is 12.7. The molecule has 1 aliphatic rings. The zero-order valence-electron chi connectivity index (χ0n) is 13.5. The molecule has 6 heteroatoms. The molecule has 0 unspecified atom stereocenters. The molecule has 0 atom stereocenters. The molecule has 0 fully saturated rings. The highest BCUT2D eigenvalue weighted by molar-refractivity contribution is 6.00. The fourth-order valence-corrected chi connectivity index (χ4v) is 2.56. The molecular weight excluding hydrogens is 308 g/mol. The Morgan fingerprint density at radius 2 is 2.04 bits per heavy atom. The molecule has 0 aromatic heterocycles. The van der Waals surface area contributed by atoms with Crippen molar-refractivity contribution in [2.24, 2.45) is 0 Å². The minimum atomic E-state index is -0.205. The number of ether oxygens (including phenoxy) is 2. The first-order valence-corrected chi connectivity index (χ1v) is 7.55. The summed E-state index contributed by atoms with van der Waals surface area (Å²) < 4.78 is 10.6. The molecule has 0 aliphatic carbocycles. The largest absolute Gasteiger partial charge is 0.497 e. The van der Waals surface area contributed by atoms with Gasteiger partial charge in [-0.1, -0.05) is 12.1 Å². The lowest BCUT2D eigenvalue weighted by Gasteiger charge is -2.21. The lowest BCUT2D eigenvalue weighted by molar-refractivity contribution is -0.118. The topological polar surface area (TPSA) is 76.7 Å². The van der Waals surface area contributed by atoms with E-state index in [1.54, 1.807) is 7.11 Å². The molecule has 0 saturated heterocycles. The fraction of sp³-hybridized carbons (Fsp3) is 0.222. The molecule has 0 bridgehead atoms. The van der Waals surface area contributed by atoms with Gasteiger partial charge in [-0.05, 0) is 42.3 Å². The predicted molar refractivity (Wildman–Crippen MR) is 90.6 cm³/mol. The van der Waals surface area contributed by atoms with Crippen molar-refractivity contribution in [2.75, 3.05) is 24.4 Å². The third-order valence-corrected chi connectivity index (χ3v) is 3.65. The van der Waals surface area contributed by atoms with Crippen molar-refractivity contribution < 1.29 is 19.1 Å². The number of amides is 2. The Balaban J connectivity index is 1.75. The molecule has 0 radical (unpaired) electrons. The maximum Gasteiger partial charge on any atom is 0.262 e. The summed E-state index contributed by atoms with van der Waals surface area (Å²) >= 11 is 0. The molecule has 2 N–H and O–H groups in total. The third-order valence-electron chi connectivity index (χ3n) is 3.65. The number of nitrogens with one attached hydrogen (secondary N) is 2. The molecule has 0 spiro atoms. The van der Waals surface area contributed by atoms with E-state index in [4.69, 9.17) is 9.47 Å². The summed E-state index contributed by atoms with van der Waals surface area (Å²) in [5, 5.41) is 5.60. The number of methoxy groups -OCH3 is 1. The quantitative estimate of drug-likeness (QED) is 0.905. The molecule has 2 amide bonds. The van der Waals surface area contributed by atoms with Gasteiger partial charge in [0.2, 0.25) is 5.91 Å². The number of carbonyl (C=O) groups is 2. The van der Waals surface area contributed by atoms with E-state index in [0.717, 1.165) is 16.9 Å². The van der Waals surface area contributed by atoms with Crippen molar-refractivity contribution in [3.63, 3.8) is 0 Å². The van der Waals surface area contributed by atoms with E-state index in [-0.39, 0.29) is 24.8 Å². The molecule has 1 heterocycles. The number of rotatable bonds is 4. The second-order valence-electron chi connectivity index (χ2n) is 5.60. The Labute approximate surface area is 139 Å². The highest BCUT2D eigenvalue weighted by Gasteiger charge is 2.21. The highest BCUT2D eigenvalue weighted by atomic mass is 16.5. The maximum absolute atomic E-state index is 12.3. The van der Waals surface area contributed by atoms with Gasteiger partial charge in [-0.15, -0.1) is 0 Å². The number of carbonyl (C=O) groups excluding carboxylic acids is 2. The van der Waals surface area contributed by atoms with E-state index in [9.17, 15) is 9.59 Å². The van der Waals surface area contributed by atoms with Gasteiger partial charge in [-0.25, -0.2) is 0 Å². The van der Waals surface area contributed by atoms with Crippen LogP contribution in [0.1, 0.15) is 11.1 Å². The average Bonchev–Trinajstić information content (AvgIpc) is 2.54. The second kappa shape index (κ2) is 6.62. The van der Waals surface area contributed by atoms with Gasteiger partial charge in [0.25, 0.3) is 5.91 Å². The van der Waals surface area contributed by atoms with Crippen molar-refractivity contribution in [1.29, 1.82) is 0 Å². The minimum Gasteiger partial charge on any atom is -0.497 e. The molecule has 2 aromatic carbocycles. The van der Waals surface area contributed by atoms with Crippen LogP contribution in [0.5, 0.6) is 11.5 Å². The highest BCUT2D eigenvalue weighted by Crippen LogP contribution is 2.37. The first kappa shape index (κ1) is 15.9. The summed E-state index contributed by atoms with van der Waals surface area (Å²) in [5.74, 6) is 0.872. The third kappa shape index (κ3) is 3.48. The zero-order chi connectivity index (χ0) is 17.1. The van der Waals surface area contributed by atoms with Crippen molar-refractivity contribution in [1.82, 2.24) is 0 Å². The number of hydrogen-bond donors (Lipinski definition) is 2. The maximum atomic E-state index is 12.3. The van der Waals surface area contributed by atoms with Crippen LogP contribution in [0.3, 0.4) is 0 Å². The van der Waals surface area contributed by atoms with Crippen molar-refractivity contribution in [3.8, 4) is 11.5 Å². The monoisotopic (exact) mass is 326 g/mol. The van der Waals surface area contributed by atoms with E-state index < -0.39 is 0 Å². The molecule has 1 aliphatic heterocycles. The molecule has 0 saturated carbocycles. The number of fused-ring (bicyclic) bond motifs is 1. The molecule has 24 heavy (non-hydrogen) atoms. The minimum absolute atomic E-state index is 0.0581. The van der Waals surface area contributed by atoms with Gasteiger partial charge in [-0.2, -0.15) is 0 Å². The van der Waals surface area contributed by atoms with Crippen LogP contribution < -0.4 is 20.1 Å². The van der Waals surface area contributed by atoms with Crippen LogP contribution in [0.4, 0.5) is 11.4 Å². The molecule has 2 aromatic rings. The van der Waals surface area contributed by atoms with Gasteiger partial charge in [-0.3, -0.25) is 9.59 Å². The summed E-state index contributed by atoms with van der Waals surface area (Å²) in [7, 11) is 1.60. The first-order valence-electron chi connectivity index (χ1n) is 7.55. The number of aryl methyl sites for hydroxylation is 1. The van der Waals surface area contributed by atoms with Crippen LogP contribution in [-0.4, -0.2) is 25.5 Å². The summed E-state index contributed by atoms with van der Waals surface area (Å²) in [6, 6.07) is 11.0. The Kier molecular flexibility index (Phi) is 4.37. The van der Waals surface area contributed by atoms with E-state index in [1.807, 2.05) is 43.3 Å². The lowest BCUT2D eigenvalue weighted by Crippen LogP contribution is -2.26. The predicted octanol–water partition coefficient (Wildman–Crippen LogP) is 2.52. The van der Waals surface area contributed by atoms with E-state index in [0.29, 0.717) is 17.1 Å². The average molecular weight is 326 g/mol. The van der Waals surface area contributed by atoms with Crippen LogP contribution in [-0.2, 0) is 16.0 Å². The van der Waals surface area contributed by atoms with Gasteiger partial charge in [0, 0.05) is 0 Å². The molecular formula is C18H18N2O4. The van der Waals surface area contributed by atoms with Crippen LogP contribution in [0.2, 0.25) is 0 Å². The van der Waals surface area contributed by atoms with Crippen molar-refractivity contribution in [3.05, 3.63) is 47.5 Å². The van der Waals surface area contributed by atoms with E-state index in [2.05, 4.69) is 10.6 Å². The van der Waals surface area contributed by atoms with Crippen molar-refractivity contribution in [2.45, 2.75) is 13.3 Å². The number of hydrogen-bond acceptors (Lipinski definition) is 4. The summed E-state index contributed by atoms with van der Waals surface area (Å²) in [6.45, 7) is 1.83. The standard InChI is InChI=1S/C18H18N2O4/c1-11-7-14(18-15(8-11)20-17(22)10-24-18)19-16(21)9-12-3-5-13(23-2)6-4-12/h3-8H,9-10H2,1-2H3,(H,19,21)(H,20,22). The SMILES string of the molecule is COc1ccc(CC(=O)Nc2cc(C)cc3c2OCC(=O)N3)cc1. The van der Waals surface area contributed by atoms with Crippen LogP contribution in [0.25, 0.3) is 0 Å². The first-order chi connectivity index (χ1) is 11.5. The van der Waals surface area contributed by atoms with Gasteiger partial charge < -0.3 is 20.1 Å². The molecule has 3 rings (SSSR count). The Morgan fingerprint density at radius 1 is 1.29 bits per heavy atom. The number of benzene rings is 2. The Morgan fingerprint density at radius 3 is 2.75 bits per heavy atom. The smallest absolute Gasteiger partial charge is 0.262 e. The van der Waals surface area contributed by atoms with E-state index >= 15 is 0 Å². The van der Waals surface area contributed by atoms with Crippen LogP contribution >= 0.6 is 0 Å². The van der Waals surface area contributed by atoms with Gasteiger partial charge in [0.05, 0.1) is 24.9 Å². The number of anilines is 2. The van der Waals surface area contributed by atoms with Gasteiger partial charge >= 0.3 is 0 Å². The van der Waals surface area contributed by atoms with Crippen molar-refractivity contribution >= 4 is 23.2 Å². The second-order valence-corrected chi connectivity index (χ2v) is 5.60. The van der Waals surface area contributed by atoms with Gasteiger partial charge in [0.1, 0.15) is 5.75 Å². The Hall–Kier alpha value is -3.02. The Bertz CT molecular complexity index is 784. The lowest BCUT2D eigenvalue weighted by atomic mass is 10.1. The summed E-state index contributed by atoms with van der Waals surface area (Å²) in [6.07, 6.45) is 0.235. The zero-order valence-corrected chi connectivity index (χ0v) is 13.5. The summed E-state index contributed by atoms with van der Waals surface area (Å²) in [5.41, 5.74) is 2.93. The van der Waals surface area contributed by atoms with E-state index in [1.165, 1.54) is 0 Å². The van der Waals surface area contributed by atoms with Gasteiger partial charge in [0.15, 0.2) is 12.4 Å². The summed E-state index contributed by atoms with van der Waals surface area (Å²) in [4.78, 5) is 23.7. The fourth-order valence-electron chi connectivity index (χ4n) is 2.56. The molecule has 6 nitrogen and oxygen atoms in total.